The van der Waals surface area contributed by atoms with Crippen LogP contribution in [-0.4, -0.2) is 25.5 Å². The normalized spacial score (nSPS) is 10.7. The van der Waals surface area contributed by atoms with Gasteiger partial charge in [0, 0.05) is 11.1 Å². The number of esters is 1. The Hall–Kier alpha value is -1.40. The number of ketones is 1. The number of carbonyl (C=O) groups excluding carboxylic acids is 2. The van der Waals surface area contributed by atoms with Crippen LogP contribution in [0.4, 0.5) is 0 Å². The molecule has 0 N–H and O–H groups in total. The third-order valence-corrected chi connectivity index (χ3v) is 5.14. The minimum atomic E-state index is -0.308. The Labute approximate surface area is 147 Å². The summed E-state index contributed by atoms with van der Waals surface area (Å²) in [6.07, 6.45) is 2.14. The Bertz CT molecular complexity index is 708. The van der Waals surface area contributed by atoms with E-state index in [0.29, 0.717) is 11.5 Å². The summed E-state index contributed by atoms with van der Waals surface area (Å²) < 4.78 is 12.2. The highest BCUT2D eigenvalue weighted by Crippen LogP contribution is 2.35. The monoisotopic (exact) mass is 398 g/mol. The number of hydrogen-bond acceptors (Lipinski definition) is 5. The summed E-state index contributed by atoms with van der Waals surface area (Å²) in [5.41, 5.74) is 0. The zero-order chi connectivity index (χ0) is 16.8. The summed E-state index contributed by atoms with van der Waals surface area (Å²) in [6.45, 7) is 2.46. The van der Waals surface area contributed by atoms with Crippen molar-refractivity contribution in [2.75, 3.05) is 13.7 Å². The van der Waals surface area contributed by atoms with Crippen LogP contribution in [0.15, 0.2) is 22.7 Å². The van der Waals surface area contributed by atoms with Gasteiger partial charge in [-0.1, -0.05) is 13.3 Å². The van der Waals surface area contributed by atoms with Gasteiger partial charge in [0.25, 0.3) is 0 Å². The van der Waals surface area contributed by atoms with Crippen LogP contribution in [-0.2, 0) is 9.53 Å². The molecule has 0 atom stereocenters. The number of thiophene rings is 1. The van der Waals surface area contributed by atoms with Crippen molar-refractivity contribution >= 4 is 49.1 Å². The minimum absolute atomic E-state index is 0.0336. The highest BCUT2D eigenvalue weighted by Gasteiger charge is 2.14. The number of benzene rings is 1. The van der Waals surface area contributed by atoms with E-state index >= 15 is 0 Å². The van der Waals surface area contributed by atoms with Crippen molar-refractivity contribution in [2.24, 2.45) is 0 Å². The zero-order valence-electron chi connectivity index (χ0n) is 13.2. The van der Waals surface area contributed by atoms with Gasteiger partial charge in [-0.25, -0.2) is 0 Å². The summed E-state index contributed by atoms with van der Waals surface area (Å²) in [6, 6.07) is 5.69. The van der Waals surface area contributed by atoms with Gasteiger partial charge in [-0.15, -0.1) is 11.3 Å². The average molecular weight is 399 g/mol. The predicted molar refractivity (Wildman–Crippen MR) is 95.5 cm³/mol. The van der Waals surface area contributed by atoms with Gasteiger partial charge in [0.2, 0.25) is 0 Å². The number of hydrogen-bond donors (Lipinski definition) is 0. The van der Waals surface area contributed by atoms with E-state index in [9.17, 15) is 9.59 Å². The van der Waals surface area contributed by atoms with E-state index in [1.165, 1.54) is 11.3 Å². The lowest BCUT2D eigenvalue weighted by Gasteiger charge is -2.02. The van der Waals surface area contributed by atoms with Crippen LogP contribution in [0.5, 0.6) is 5.75 Å². The number of fused-ring (bicyclic) bond motifs is 1. The molecule has 0 aliphatic carbocycles. The van der Waals surface area contributed by atoms with Gasteiger partial charge in [0.15, 0.2) is 5.78 Å². The Morgan fingerprint density at radius 1 is 1.22 bits per heavy atom. The Kier molecular flexibility index (Phi) is 6.59. The summed E-state index contributed by atoms with van der Waals surface area (Å²) in [5, 5.41) is 0.983. The Morgan fingerprint density at radius 3 is 2.70 bits per heavy atom. The van der Waals surface area contributed by atoms with E-state index in [0.717, 1.165) is 33.2 Å². The van der Waals surface area contributed by atoms with Crippen LogP contribution in [0.1, 0.15) is 42.3 Å². The molecule has 0 unspecified atom stereocenters. The van der Waals surface area contributed by atoms with Gasteiger partial charge in [0.05, 0.1) is 29.5 Å². The van der Waals surface area contributed by atoms with E-state index in [1.54, 1.807) is 7.11 Å². The Balaban J connectivity index is 1.99. The molecule has 0 fully saturated rings. The molecule has 4 nitrogen and oxygen atoms in total. The molecule has 2 aromatic rings. The van der Waals surface area contributed by atoms with Crippen LogP contribution in [0.25, 0.3) is 10.1 Å². The quantitative estimate of drug-likeness (QED) is 0.357. The molecule has 0 spiro atoms. The first-order chi connectivity index (χ1) is 11.0. The van der Waals surface area contributed by atoms with Crippen molar-refractivity contribution in [3.8, 4) is 5.75 Å². The summed E-state index contributed by atoms with van der Waals surface area (Å²) in [5.74, 6) is 0.393. The lowest BCUT2D eigenvalue weighted by Crippen LogP contribution is -2.08. The third kappa shape index (κ3) is 4.78. The number of Topliss-reactive ketones (excluding diaryl/α,β-unsaturated/α-hetero) is 1. The number of carbonyl (C=O) groups is 2. The average Bonchev–Trinajstić information content (AvgIpc) is 2.94. The van der Waals surface area contributed by atoms with Gasteiger partial charge in [-0.3, -0.25) is 9.59 Å². The molecule has 23 heavy (non-hydrogen) atoms. The molecule has 0 saturated carbocycles. The molecule has 1 heterocycles. The molecule has 2 rings (SSSR count). The molecule has 0 radical (unpaired) electrons. The van der Waals surface area contributed by atoms with Crippen LogP contribution >= 0.6 is 27.3 Å². The maximum atomic E-state index is 12.2. The van der Waals surface area contributed by atoms with Crippen LogP contribution in [0.2, 0.25) is 0 Å². The fraction of sp³-hybridized carbons (Fsp3) is 0.412. The minimum Gasteiger partial charge on any atom is -0.496 e. The molecule has 0 bridgehead atoms. The third-order valence-electron chi connectivity index (χ3n) is 3.38. The van der Waals surface area contributed by atoms with Crippen molar-refractivity contribution in [2.45, 2.75) is 32.6 Å². The molecule has 0 amide bonds. The summed E-state index contributed by atoms with van der Waals surface area (Å²) in [4.78, 5) is 24.5. The topological polar surface area (TPSA) is 52.6 Å². The number of halogens is 1. The second kappa shape index (κ2) is 8.45. The molecule has 1 aromatic carbocycles. The van der Waals surface area contributed by atoms with Crippen molar-refractivity contribution in [1.82, 2.24) is 0 Å². The first-order valence-electron chi connectivity index (χ1n) is 7.51. The van der Waals surface area contributed by atoms with E-state index in [-0.39, 0.29) is 24.6 Å². The van der Waals surface area contributed by atoms with Crippen molar-refractivity contribution in [1.29, 1.82) is 0 Å². The molecule has 1 aromatic heterocycles. The van der Waals surface area contributed by atoms with E-state index in [2.05, 4.69) is 15.9 Å². The van der Waals surface area contributed by atoms with Crippen LogP contribution in [0.3, 0.4) is 0 Å². The maximum Gasteiger partial charge on any atom is 0.306 e. The SMILES string of the molecule is CCCCOC(=O)CCC(=O)c1cc2cc(Br)c(OC)cc2s1. The van der Waals surface area contributed by atoms with Crippen LogP contribution < -0.4 is 4.74 Å². The predicted octanol–water partition coefficient (Wildman–Crippen LogP) is 4.98. The fourth-order valence-electron chi connectivity index (χ4n) is 2.08. The zero-order valence-corrected chi connectivity index (χ0v) is 15.6. The van der Waals surface area contributed by atoms with Gasteiger partial charge in [0.1, 0.15) is 5.75 Å². The summed E-state index contributed by atoms with van der Waals surface area (Å²) in [7, 11) is 1.61. The first kappa shape index (κ1) is 17.9. The van der Waals surface area contributed by atoms with Gasteiger partial charge < -0.3 is 9.47 Å². The highest BCUT2D eigenvalue weighted by molar-refractivity contribution is 9.10. The lowest BCUT2D eigenvalue weighted by molar-refractivity contribution is -0.143. The van der Waals surface area contributed by atoms with Crippen molar-refractivity contribution in [3.63, 3.8) is 0 Å². The maximum absolute atomic E-state index is 12.2. The number of rotatable bonds is 8. The molecule has 0 saturated heterocycles. The fourth-order valence-corrected chi connectivity index (χ4v) is 3.64. The molecule has 6 heteroatoms. The lowest BCUT2D eigenvalue weighted by atomic mass is 10.1. The van der Waals surface area contributed by atoms with Crippen molar-refractivity contribution < 1.29 is 19.1 Å². The Morgan fingerprint density at radius 2 is 2.00 bits per heavy atom. The van der Waals surface area contributed by atoms with Gasteiger partial charge in [-0.05, 0) is 45.9 Å². The first-order valence-corrected chi connectivity index (χ1v) is 9.12. The molecular weight excluding hydrogens is 380 g/mol. The molecule has 0 aliphatic heterocycles. The largest absolute Gasteiger partial charge is 0.496 e. The van der Waals surface area contributed by atoms with Crippen LogP contribution in [0, 0.1) is 0 Å². The smallest absolute Gasteiger partial charge is 0.306 e. The molecule has 124 valence electrons. The second-order valence-corrected chi connectivity index (χ2v) is 7.07. The van der Waals surface area contributed by atoms with Crippen molar-refractivity contribution in [3.05, 3.63) is 27.5 Å². The van der Waals surface area contributed by atoms with E-state index < -0.39 is 0 Å². The van der Waals surface area contributed by atoms with E-state index in [1.807, 2.05) is 25.1 Å². The molecular formula is C17H19BrO4S. The second-order valence-electron chi connectivity index (χ2n) is 5.13. The summed E-state index contributed by atoms with van der Waals surface area (Å²) >= 11 is 4.85. The molecule has 0 aliphatic rings. The van der Waals surface area contributed by atoms with Gasteiger partial charge in [-0.2, -0.15) is 0 Å². The highest BCUT2D eigenvalue weighted by atomic mass is 79.9. The van der Waals surface area contributed by atoms with E-state index in [4.69, 9.17) is 9.47 Å². The number of methoxy groups -OCH3 is 1. The number of unbranched alkanes of at least 4 members (excludes halogenated alkanes) is 1. The standard InChI is InChI=1S/C17H19BrO4S/c1-3-4-7-22-17(20)6-5-13(19)16-9-11-8-12(18)14(21-2)10-15(11)23-16/h8-10H,3-7H2,1-2H3. The number of ether oxygens (including phenoxy) is 2. The van der Waals surface area contributed by atoms with Gasteiger partial charge >= 0.3 is 5.97 Å².